The van der Waals surface area contributed by atoms with Crippen molar-refractivity contribution in [1.82, 2.24) is 5.32 Å². The molecule has 0 saturated heterocycles. The van der Waals surface area contributed by atoms with E-state index in [1.807, 2.05) is 7.05 Å². The van der Waals surface area contributed by atoms with E-state index in [1.165, 1.54) is 6.42 Å². The van der Waals surface area contributed by atoms with Gasteiger partial charge in [0.05, 0.1) is 0 Å². The van der Waals surface area contributed by atoms with Gasteiger partial charge in [0.2, 0.25) is 0 Å². The first-order valence-electron chi connectivity index (χ1n) is 4.55. The molecule has 0 spiro atoms. The third-order valence-corrected chi connectivity index (χ3v) is 2.66. The molecule has 0 saturated carbocycles. The summed E-state index contributed by atoms with van der Waals surface area (Å²) in [6.07, 6.45) is 1.21. The Morgan fingerprint density at radius 1 is 1.33 bits per heavy atom. The SMILES string of the molecule is CNC(CSO)C(C)CC(C)C. The molecule has 0 bridgehead atoms. The van der Waals surface area contributed by atoms with E-state index in [-0.39, 0.29) is 0 Å². The quantitative estimate of drug-likeness (QED) is 0.633. The third-order valence-electron chi connectivity index (χ3n) is 2.15. The summed E-state index contributed by atoms with van der Waals surface area (Å²) in [5, 5.41) is 3.23. The van der Waals surface area contributed by atoms with Gasteiger partial charge in [-0.05, 0) is 37.3 Å². The largest absolute Gasteiger partial charge is 0.330 e. The Bertz CT molecular complexity index is 109. The van der Waals surface area contributed by atoms with E-state index in [0.717, 1.165) is 23.7 Å². The minimum Gasteiger partial charge on any atom is -0.330 e. The summed E-state index contributed by atoms with van der Waals surface area (Å²) in [6.45, 7) is 6.70. The number of nitrogens with one attached hydrogen (secondary N) is 1. The van der Waals surface area contributed by atoms with Crippen LogP contribution in [0.4, 0.5) is 0 Å². The molecule has 0 fully saturated rings. The standard InChI is InChI=1S/C9H21NOS/c1-7(2)5-8(3)9(10-4)6-12-11/h7-11H,5-6H2,1-4H3. The molecule has 0 radical (unpaired) electrons. The summed E-state index contributed by atoms with van der Waals surface area (Å²) in [5.74, 6) is 2.15. The van der Waals surface area contributed by atoms with Crippen LogP contribution in [0.2, 0.25) is 0 Å². The second kappa shape index (κ2) is 6.75. The Hall–Kier alpha value is 0.270. The normalized spacial score (nSPS) is 16.5. The van der Waals surface area contributed by atoms with Gasteiger partial charge in [-0.3, -0.25) is 0 Å². The average Bonchev–Trinajstić information content (AvgIpc) is 1.98. The molecule has 0 aromatic carbocycles. The molecule has 74 valence electrons. The molecule has 3 heteroatoms. The second-order valence-corrected chi connectivity index (χ2v) is 4.39. The van der Waals surface area contributed by atoms with Crippen molar-refractivity contribution < 1.29 is 4.55 Å². The van der Waals surface area contributed by atoms with Gasteiger partial charge in [-0.1, -0.05) is 20.8 Å². The molecular weight excluding hydrogens is 170 g/mol. The van der Waals surface area contributed by atoms with Crippen molar-refractivity contribution in [3.63, 3.8) is 0 Å². The van der Waals surface area contributed by atoms with Crippen LogP contribution in [0, 0.1) is 11.8 Å². The highest BCUT2D eigenvalue weighted by Gasteiger charge is 2.15. The maximum Gasteiger partial charge on any atom is 0.0351 e. The van der Waals surface area contributed by atoms with Crippen molar-refractivity contribution in [2.24, 2.45) is 11.8 Å². The van der Waals surface area contributed by atoms with Gasteiger partial charge in [-0.15, -0.1) is 0 Å². The predicted molar refractivity (Wildman–Crippen MR) is 56.6 cm³/mol. The highest BCUT2D eigenvalue weighted by molar-refractivity contribution is 7.93. The molecule has 0 aromatic rings. The van der Waals surface area contributed by atoms with E-state index in [2.05, 4.69) is 26.1 Å². The zero-order valence-electron chi connectivity index (χ0n) is 8.50. The fourth-order valence-electron chi connectivity index (χ4n) is 1.52. The van der Waals surface area contributed by atoms with Crippen LogP contribution in [0.1, 0.15) is 27.2 Å². The van der Waals surface area contributed by atoms with Gasteiger partial charge >= 0.3 is 0 Å². The van der Waals surface area contributed by atoms with Crippen LogP contribution in [0.3, 0.4) is 0 Å². The molecule has 0 aliphatic rings. The van der Waals surface area contributed by atoms with E-state index in [4.69, 9.17) is 4.55 Å². The van der Waals surface area contributed by atoms with Crippen molar-refractivity contribution in [2.45, 2.75) is 33.2 Å². The van der Waals surface area contributed by atoms with E-state index in [1.54, 1.807) is 0 Å². The molecule has 2 N–H and O–H groups in total. The van der Waals surface area contributed by atoms with Crippen molar-refractivity contribution in [2.75, 3.05) is 12.8 Å². The lowest BCUT2D eigenvalue weighted by Crippen LogP contribution is -2.35. The van der Waals surface area contributed by atoms with Crippen LogP contribution in [0.15, 0.2) is 0 Å². The summed E-state index contributed by atoms with van der Waals surface area (Å²) < 4.78 is 8.73. The van der Waals surface area contributed by atoms with Gasteiger partial charge in [0.1, 0.15) is 0 Å². The summed E-state index contributed by atoms with van der Waals surface area (Å²) in [6, 6.07) is 0.433. The topological polar surface area (TPSA) is 32.3 Å². The second-order valence-electron chi connectivity index (χ2n) is 3.80. The monoisotopic (exact) mass is 191 g/mol. The molecule has 12 heavy (non-hydrogen) atoms. The number of hydrogen-bond acceptors (Lipinski definition) is 3. The van der Waals surface area contributed by atoms with Crippen LogP contribution < -0.4 is 5.32 Å². The van der Waals surface area contributed by atoms with Gasteiger partial charge < -0.3 is 9.87 Å². The van der Waals surface area contributed by atoms with E-state index >= 15 is 0 Å². The van der Waals surface area contributed by atoms with E-state index < -0.39 is 0 Å². The molecule has 0 aliphatic heterocycles. The molecular formula is C9H21NOS. The summed E-state index contributed by atoms with van der Waals surface area (Å²) in [7, 11) is 1.96. The van der Waals surface area contributed by atoms with Crippen molar-refractivity contribution in [3.8, 4) is 0 Å². The first-order valence-corrected chi connectivity index (χ1v) is 5.49. The molecule has 2 nitrogen and oxygen atoms in total. The smallest absolute Gasteiger partial charge is 0.0351 e. The van der Waals surface area contributed by atoms with Gasteiger partial charge in [0, 0.05) is 11.8 Å². The number of hydrogen-bond donors (Lipinski definition) is 2. The lowest BCUT2D eigenvalue weighted by Gasteiger charge is -2.23. The molecule has 0 aliphatic carbocycles. The maximum atomic E-state index is 8.73. The highest BCUT2D eigenvalue weighted by atomic mass is 32.2. The van der Waals surface area contributed by atoms with Crippen LogP contribution in [0.5, 0.6) is 0 Å². The van der Waals surface area contributed by atoms with Crippen LogP contribution >= 0.6 is 12.0 Å². The van der Waals surface area contributed by atoms with Crippen molar-refractivity contribution in [1.29, 1.82) is 0 Å². The van der Waals surface area contributed by atoms with Crippen LogP contribution in [-0.2, 0) is 0 Å². The Labute approximate surface area is 80.3 Å². The van der Waals surface area contributed by atoms with Crippen LogP contribution in [0.25, 0.3) is 0 Å². The predicted octanol–water partition coefficient (Wildman–Crippen LogP) is 2.46. The van der Waals surface area contributed by atoms with Crippen molar-refractivity contribution >= 4 is 12.0 Å². The minimum atomic E-state index is 0.433. The van der Waals surface area contributed by atoms with Gasteiger partial charge in [-0.25, -0.2) is 0 Å². The lowest BCUT2D eigenvalue weighted by molar-refractivity contribution is 0.356. The molecule has 0 rings (SSSR count). The Morgan fingerprint density at radius 3 is 2.25 bits per heavy atom. The zero-order valence-corrected chi connectivity index (χ0v) is 9.32. The molecule has 2 unspecified atom stereocenters. The number of rotatable bonds is 6. The molecule has 0 heterocycles. The Kier molecular flexibility index (Phi) is 6.90. The summed E-state index contributed by atoms with van der Waals surface area (Å²) >= 11 is 0.927. The fourth-order valence-corrected chi connectivity index (χ4v) is 2.18. The Balaban J connectivity index is 3.76. The van der Waals surface area contributed by atoms with Crippen molar-refractivity contribution in [3.05, 3.63) is 0 Å². The average molecular weight is 191 g/mol. The molecule has 0 aromatic heterocycles. The van der Waals surface area contributed by atoms with Gasteiger partial charge in [0.15, 0.2) is 0 Å². The van der Waals surface area contributed by atoms with Gasteiger partial charge in [0.25, 0.3) is 0 Å². The fraction of sp³-hybridized carbons (Fsp3) is 1.00. The van der Waals surface area contributed by atoms with E-state index in [0.29, 0.717) is 12.0 Å². The molecule has 0 amide bonds. The zero-order chi connectivity index (χ0) is 9.56. The first kappa shape index (κ1) is 12.3. The minimum absolute atomic E-state index is 0.433. The van der Waals surface area contributed by atoms with Gasteiger partial charge in [-0.2, -0.15) is 0 Å². The summed E-state index contributed by atoms with van der Waals surface area (Å²) in [5.41, 5.74) is 0. The van der Waals surface area contributed by atoms with Crippen LogP contribution in [-0.4, -0.2) is 23.4 Å². The highest BCUT2D eigenvalue weighted by Crippen LogP contribution is 2.16. The molecule has 2 atom stereocenters. The lowest BCUT2D eigenvalue weighted by atomic mass is 9.93. The van der Waals surface area contributed by atoms with E-state index in [9.17, 15) is 0 Å². The maximum absolute atomic E-state index is 8.73. The third kappa shape index (κ3) is 5.01. The Morgan fingerprint density at radius 2 is 1.92 bits per heavy atom. The summed E-state index contributed by atoms with van der Waals surface area (Å²) in [4.78, 5) is 0. The first-order chi connectivity index (χ1) is 5.61.